The van der Waals surface area contributed by atoms with Gasteiger partial charge in [0.15, 0.2) is 0 Å². The standard InChI is InChI=1S/C12H24N2O/c1-3-10(4-2)7-13-9-12(15)14-8-11-5-6-11/h10-11,13H,3-9H2,1-2H3,(H,14,15). The molecule has 0 aromatic heterocycles. The van der Waals surface area contributed by atoms with Gasteiger partial charge in [-0.3, -0.25) is 4.79 Å². The SMILES string of the molecule is CCC(CC)CNCC(=O)NCC1CC1. The molecule has 0 radical (unpaired) electrons. The first-order valence-corrected chi connectivity index (χ1v) is 6.23. The molecule has 0 unspecified atom stereocenters. The van der Waals surface area contributed by atoms with Gasteiger partial charge < -0.3 is 10.6 Å². The molecule has 0 bridgehead atoms. The van der Waals surface area contributed by atoms with Gasteiger partial charge in [-0.25, -0.2) is 0 Å². The van der Waals surface area contributed by atoms with Crippen molar-refractivity contribution in [1.29, 1.82) is 0 Å². The summed E-state index contributed by atoms with van der Waals surface area (Å²) in [6.45, 7) is 6.71. The van der Waals surface area contributed by atoms with E-state index in [1.165, 1.54) is 25.7 Å². The lowest BCUT2D eigenvalue weighted by Gasteiger charge is -2.12. The quantitative estimate of drug-likeness (QED) is 0.641. The van der Waals surface area contributed by atoms with Crippen LogP contribution in [0.15, 0.2) is 0 Å². The third kappa shape index (κ3) is 5.78. The van der Waals surface area contributed by atoms with Gasteiger partial charge in [0.05, 0.1) is 6.54 Å². The second kappa shape index (κ2) is 6.83. The van der Waals surface area contributed by atoms with Crippen molar-refractivity contribution in [3.63, 3.8) is 0 Å². The Morgan fingerprint density at radius 1 is 1.33 bits per heavy atom. The van der Waals surface area contributed by atoms with E-state index in [4.69, 9.17) is 0 Å². The Morgan fingerprint density at radius 3 is 2.53 bits per heavy atom. The molecule has 0 atom stereocenters. The fourth-order valence-corrected chi connectivity index (χ4v) is 1.61. The Hall–Kier alpha value is -0.570. The van der Waals surface area contributed by atoms with E-state index in [0.717, 1.165) is 19.0 Å². The summed E-state index contributed by atoms with van der Waals surface area (Å²) in [5, 5.41) is 6.17. The molecule has 1 aliphatic carbocycles. The number of amides is 1. The third-order valence-electron chi connectivity index (χ3n) is 3.16. The summed E-state index contributed by atoms with van der Waals surface area (Å²) in [7, 11) is 0. The zero-order valence-corrected chi connectivity index (χ0v) is 10.0. The molecule has 0 aromatic rings. The first kappa shape index (κ1) is 12.5. The van der Waals surface area contributed by atoms with Gasteiger partial charge in [0.2, 0.25) is 5.91 Å². The molecule has 88 valence electrons. The van der Waals surface area contributed by atoms with Gasteiger partial charge in [-0.1, -0.05) is 26.7 Å². The highest BCUT2D eigenvalue weighted by atomic mass is 16.1. The van der Waals surface area contributed by atoms with Gasteiger partial charge in [0.1, 0.15) is 0 Å². The van der Waals surface area contributed by atoms with E-state index >= 15 is 0 Å². The summed E-state index contributed by atoms with van der Waals surface area (Å²) < 4.78 is 0. The molecule has 3 heteroatoms. The Morgan fingerprint density at radius 2 is 2.00 bits per heavy atom. The van der Waals surface area contributed by atoms with Crippen molar-refractivity contribution in [3.8, 4) is 0 Å². The zero-order chi connectivity index (χ0) is 11.1. The third-order valence-corrected chi connectivity index (χ3v) is 3.16. The van der Waals surface area contributed by atoms with Crippen LogP contribution in [0.5, 0.6) is 0 Å². The van der Waals surface area contributed by atoms with Gasteiger partial charge in [-0.15, -0.1) is 0 Å². The van der Waals surface area contributed by atoms with E-state index < -0.39 is 0 Å². The number of carbonyl (C=O) groups is 1. The van der Waals surface area contributed by atoms with Crippen LogP contribution in [0.3, 0.4) is 0 Å². The number of nitrogens with one attached hydrogen (secondary N) is 2. The summed E-state index contributed by atoms with van der Waals surface area (Å²) in [6, 6.07) is 0. The molecular weight excluding hydrogens is 188 g/mol. The van der Waals surface area contributed by atoms with Crippen LogP contribution in [0.25, 0.3) is 0 Å². The molecule has 1 aliphatic rings. The number of rotatable bonds is 8. The van der Waals surface area contributed by atoms with Crippen LogP contribution in [0, 0.1) is 11.8 Å². The summed E-state index contributed by atoms with van der Waals surface area (Å²) in [5.41, 5.74) is 0. The molecule has 3 nitrogen and oxygen atoms in total. The number of hydrogen-bond acceptors (Lipinski definition) is 2. The average Bonchev–Trinajstić information content (AvgIpc) is 3.05. The predicted octanol–water partition coefficient (Wildman–Crippen LogP) is 1.54. The maximum atomic E-state index is 11.4. The zero-order valence-electron chi connectivity index (χ0n) is 10.0. The molecule has 1 amide bonds. The van der Waals surface area contributed by atoms with Gasteiger partial charge >= 0.3 is 0 Å². The molecule has 1 saturated carbocycles. The Kier molecular flexibility index (Phi) is 5.69. The van der Waals surface area contributed by atoms with E-state index in [1.54, 1.807) is 0 Å². The number of carbonyl (C=O) groups excluding carboxylic acids is 1. The molecule has 0 aromatic carbocycles. The van der Waals surface area contributed by atoms with E-state index in [0.29, 0.717) is 12.5 Å². The summed E-state index contributed by atoms with van der Waals surface area (Å²) in [6.07, 6.45) is 4.96. The first-order chi connectivity index (χ1) is 7.26. The second-order valence-corrected chi connectivity index (χ2v) is 4.56. The highest BCUT2D eigenvalue weighted by Crippen LogP contribution is 2.27. The van der Waals surface area contributed by atoms with Crippen molar-refractivity contribution in [2.45, 2.75) is 39.5 Å². The van der Waals surface area contributed by atoms with Gasteiger partial charge in [-0.05, 0) is 31.2 Å². The van der Waals surface area contributed by atoms with Crippen molar-refractivity contribution < 1.29 is 4.79 Å². The second-order valence-electron chi connectivity index (χ2n) is 4.56. The monoisotopic (exact) mass is 212 g/mol. The summed E-state index contributed by atoms with van der Waals surface area (Å²) >= 11 is 0. The fourth-order valence-electron chi connectivity index (χ4n) is 1.61. The van der Waals surface area contributed by atoms with Crippen LogP contribution in [0.4, 0.5) is 0 Å². The largest absolute Gasteiger partial charge is 0.355 e. The van der Waals surface area contributed by atoms with Crippen LogP contribution in [0.1, 0.15) is 39.5 Å². The molecule has 1 rings (SSSR count). The highest BCUT2D eigenvalue weighted by molar-refractivity contribution is 5.77. The summed E-state index contributed by atoms with van der Waals surface area (Å²) in [5.74, 6) is 1.63. The Balaban J connectivity index is 1.95. The van der Waals surface area contributed by atoms with Crippen molar-refractivity contribution in [3.05, 3.63) is 0 Å². The molecule has 0 saturated heterocycles. The minimum atomic E-state index is 0.146. The topological polar surface area (TPSA) is 41.1 Å². The summed E-state index contributed by atoms with van der Waals surface area (Å²) in [4.78, 5) is 11.4. The molecule has 0 heterocycles. The predicted molar refractivity (Wildman–Crippen MR) is 62.7 cm³/mol. The lowest BCUT2D eigenvalue weighted by atomic mass is 10.0. The first-order valence-electron chi connectivity index (χ1n) is 6.23. The normalized spacial score (nSPS) is 15.7. The average molecular weight is 212 g/mol. The van der Waals surface area contributed by atoms with Crippen LogP contribution in [-0.2, 0) is 4.79 Å². The van der Waals surface area contributed by atoms with E-state index in [1.807, 2.05) is 0 Å². The lowest BCUT2D eigenvalue weighted by Crippen LogP contribution is -2.36. The fraction of sp³-hybridized carbons (Fsp3) is 0.917. The maximum Gasteiger partial charge on any atom is 0.233 e. The maximum absolute atomic E-state index is 11.4. The van der Waals surface area contributed by atoms with Crippen molar-refractivity contribution >= 4 is 5.91 Å². The highest BCUT2D eigenvalue weighted by Gasteiger charge is 2.21. The Labute approximate surface area is 93.0 Å². The van der Waals surface area contributed by atoms with Crippen LogP contribution in [0.2, 0.25) is 0 Å². The molecule has 0 spiro atoms. The molecular formula is C12H24N2O. The minimum Gasteiger partial charge on any atom is -0.355 e. The number of hydrogen-bond donors (Lipinski definition) is 2. The van der Waals surface area contributed by atoms with Crippen molar-refractivity contribution in [1.82, 2.24) is 10.6 Å². The van der Waals surface area contributed by atoms with Crippen LogP contribution < -0.4 is 10.6 Å². The molecule has 2 N–H and O–H groups in total. The van der Waals surface area contributed by atoms with Gasteiger partial charge in [0.25, 0.3) is 0 Å². The van der Waals surface area contributed by atoms with Gasteiger partial charge in [0, 0.05) is 6.54 Å². The van der Waals surface area contributed by atoms with E-state index in [-0.39, 0.29) is 5.91 Å². The molecule has 1 fully saturated rings. The van der Waals surface area contributed by atoms with Crippen molar-refractivity contribution in [2.24, 2.45) is 11.8 Å². The molecule has 0 aliphatic heterocycles. The molecule has 15 heavy (non-hydrogen) atoms. The Bertz CT molecular complexity index is 186. The van der Waals surface area contributed by atoms with Gasteiger partial charge in [-0.2, -0.15) is 0 Å². The van der Waals surface area contributed by atoms with Crippen LogP contribution in [-0.4, -0.2) is 25.5 Å². The van der Waals surface area contributed by atoms with Crippen LogP contribution >= 0.6 is 0 Å². The van der Waals surface area contributed by atoms with E-state index in [2.05, 4.69) is 24.5 Å². The van der Waals surface area contributed by atoms with Crippen molar-refractivity contribution in [2.75, 3.05) is 19.6 Å². The smallest absolute Gasteiger partial charge is 0.233 e. The minimum absolute atomic E-state index is 0.146. The van der Waals surface area contributed by atoms with E-state index in [9.17, 15) is 4.79 Å². The lowest BCUT2D eigenvalue weighted by molar-refractivity contribution is -0.120.